The molecule has 1 unspecified atom stereocenters. The van der Waals surface area contributed by atoms with Gasteiger partial charge >= 0.3 is 0 Å². The first-order chi connectivity index (χ1) is 18.0. The minimum atomic E-state index is -0.494. The van der Waals surface area contributed by atoms with E-state index < -0.39 is 5.82 Å². The van der Waals surface area contributed by atoms with Gasteiger partial charge in [-0.15, -0.1) is 0 Å². The number of benzene rings is 3. The van der Waals surface area contributed by atoms with E-state index in [9.17, 15) is 8.78 Å². The van der Waals surface area contributed by atoms with Gasteiger partial charge in [0.15, 0.2) is 5.11 Å². The standard InChI is InChI=1S/C28H25ClF2N4OS/c29-25-15-22(12-13-26(25)31)32-28(37)34(18-24-7-4-14-36-24)16-20-17-35(23-5-2-1-3-6-23)33-27(20)19-8-10-21(30)11-9-19/h1-3,5-6,8-13,15,17,24H,4,7,14,16,18H2,(H,32,37). The lowest BCUT2D eigenvalue weighted by Gasteiger charge is -2.28. The third-order valence-corrected chi connectivity index (χ3v) is 6.85. The van der Waals surface area contributed by atoms with Gasteiger partial charge in [-0.3, -0.25) is 0 Å². The molecule has 2 heterocycles. The van der Waals surface area contributed by atoms with Crippen molar-refractivity contribution in [1.82, 2.24) is 14.7 Å². The molecule has 1 aliphatic heterocycles. The molecule has 1 saturated heterocycles. The summed E-state index contributed by atoms with van der Waals surface area (Å²) in [4.78, 5) is 2.02. The van der Waals surface area contributed by atoms with Crippen molar-refractivity contribution in [2.45, 2.75) is 25.5 Å². The fourth-order valence-electron chi connectivity index (χ4n) is 4.32. The van der Waals surface area contributed by atoms with Crippen molar-refractivity contribution in [2.75, 3.05) is 18.5 Å². The lowest BCUT2D eigenvalue weighted by Crippen LogP contribution is -2.39. The maximum absolute atomic E-state index is 13.7. The Hall–Kier alpha value is -3.33. The van der Waals surface area contributed by atoms with E-state index in [2.05, 4.69) is 5.32 Å². The summed E-state index contributed by atoms with van der Waals surface area (Å²) in [7, 11) is 0. The predicted molar refractivity (Wildman–Crippen MR) is 146 cm³/mol. The summed E-state index contributed by atoms with van der Waals surface area (Å²) in [5.41, 5.74) is 3.94. The predicted octanol–water partition coefficient (Wildman–Crippen LogP) is 6.85. The van der Waals surface area contributed by atoms with Crippen LogP contribution in [0.25, 0.3) is 16.9 Å². The third kappa shape index (κ3) is 6.15. The zero-order valence-corrected chi connectivity index (χ0v) is 21.5. The zero-order chi connectivity index (χ0) is 25.8. The first-order valence-electron chi connectivity index (χ1n) is 12.0. The fraction of sp³-hybridized carbons (Fsp3) is 0.214. The van der Waals surface area contributed by atoms with Crippen LogP contribution in [0.2, 0.25) is 5.02 Å². The maximum atomic E-state index is 13.7. The first kappa shape index (κ1) is 25.3. The highest BCUT2D eigenvalue weighted by Gasteiger charge is 2.24. The molecule has 1 aliphatic rings. The van der Waals surface area contributed by atoms with Crippen LogP contribution in [0.1, 0.15) is 18.4 Å². The maximum Gasteiger partial charge on any atom is 0.173 e. The Labute approximate surface area is 224 Å². The summed E-state index contributed by atoms with van der Waals surface area (Å²) in [6.45, 7) is 1.72. The topological polar surface area (TPSA) is 42.3 Å². The monoisotopic (exact) mass is 538 g/mol. The number of hydrogen-bond acceptors (Lipinski definition) is 3. The molecule has 1 atom stereocenters. The van der Waals surface area contributed by atoms with Gasteiger partial charge in [-0.25, -0.2) is 13.5 Å². The average Bonchev–Trinajstić information content (AvgIpc) is 3.57. The van der Waals surface area contributed by atoms with Crippen LogP contribution < -0.4 is 5.32 Å². The molecule has 0 bridgehead atoms. The second kappa shape index (κ2) is 11.4. The molecule has 190 valence electrons. The normalized spacial score (nSPS) is 15.1. The highest BCUT2D eigenvalue weighted by Crippen LogP contribution is 2.27. The highest BCUT2D eigenvalue weighted by atomic mass is 35.5. The molecule has 0 amide bonds. The summed E-state index contributed by atoms with van der Waals surface area (Å²) >= 11 is 11.8. The largest absolute Gasteiger partial charge is 0.376 e. The number of aromatic nitrogens is 2. The Balaban J connectivity index is 1.48. The summed E-state index contributed by atoms with van der Waals surface area (Å²) in [6, 6.07) is 20.5. The van der Waals surface area contributed by atoms with Gasteiger partial charge in [-0.2, -0.15) is 5.10 Å². The van der Waals surface area contributed by atoms with Gasteiger partial charge in [0.05, 0.1) is 22.5 Å². The number of thiocarbonyl (C=S) groups is 1. The van der Waals surface area contributed by atoms with Crippen LogP contribution in [-0.2, 0) is 11.3 Å². The van der Waals surface area contributed by atoms with Gasteiger partial charge in [-0.1, -0.05) is 29.8 Å². The van der Waals surface area contributed by atoms with Gasteiger partial charge in [-0.05, 0) is 79.7 Å². The van der Waals surface area contributed by atoms with Crippen LogP contribution in [0, 0.1) is 11.6 Å². The van der Waals surface area contributed by atoms with E-state index in [1.165, 1.54) is 24.3 Å². The van der Waals surface area contributed by atoms with E-state index in [0.29, 0.717) is 23.9 Å². The minimum Gasteiger partial charge on any atom is -0.376 e. The highest BCUT2D eigenvalue weighted by molar-refractivity contribution is 7.80. The second-order valence-electron chi connectivity index (χ2n) is 8.86. The number of ether oxygens (including phenoxy) is 1. The summed E-state index contributed by atoms with van der Waals surface area (Å²) in [5.74, 6) is -0.803. The van der Waals surface area contributed by atoms with Crippen molar-refractivity contribution in [2.24, 2.45) is 0 Å². The SMILES string of the molecule is Fc1ccc(-c2nn(-c3ccccc3)cc2CN(CC2CCCO2)C(=S)Nc2ccc(F)c(Cl)c2)cc1. The van der Waals surface area contributed by atoms with E-state index in [4.69, 9.17) is 33.7 Å². The smallest absolute Gasteiger partial charge is 0.173 e. The Morgan fingerprint density at radius 2 is 1.89 bits per heavy atom. The molecule has 37 heavy (non-hydrogen) atoms. The van der Waals surface area contributed by atoms with Gasteiger partial charge in [0.1, 0.15) is 11.6 Å². The van der Waals surface area contributed by atoms with Crippen molar-refractivity contribution in [3.05, 3.63) is 101 Å². The number of halogens is 3. The molecule has 0 spiro atoms. The van der Waals surface area contributed by atoms with Gasteiger partial charge in [0.25, 0.3) is 0 Å². The Morgan fingerprint density at radius 1 is 1.11 bits per heavy atom. The molecular weight excluding hydrogens is 514 g/mol. The third-order valence-electron chi connectivity index (χ3n) is 6.20. The lowest BCUT2D eigenvalue weighted by atomic mass is 10.1. The van der Waals surface area contributed by atoms with Gasteiger partial charge in [0, 0.05) is 42.7 Å². The molecular formula is C28H25ClF2N4OS. The van der Waals surface area contributed by atoms with Crippen molar-refractivity contribution in [3.8, 4) is 16.9 Å². The van der Waals surface area contributed by atoms with Crippen LogP contribution in [0.3, 0.4) is 0 Å². The summed E-state index contributed by atoms with van der Waals surface area (Å²) < 4.78 is 35.1. The number of rotatable bonds is 7. The number of anilines is 1. The molecule has 0 saturated carbocycles. The number of para-hydroxylation sites is 1. The Morgan fingerprint density at radius 3 is 2.59 bits per heavy atom. The Kier molecular flexibility index (Phi) is 7.79. The van der Waals surface area contributed by atoms with Crippen molar-refractivity contribution >= 4 is 34.6 Å². The van der Waals surface area contributed by atoms with E-state index in [1.807, 2.05) is 46.1 Å². The molecule has 0 radical (unpaired) electrons. The van der Waals surface area contributed by atoms with Crippen LogP contribution in [0.5, 0.6) is 0 Å². The molecule has 1 aromatic heterocycles. The molecule has 5 rings (SSSR count). The molecule has 0 aliphatic carbocycles. The molecule has 1 N–H and O–H groups in total. The minimum absolute atomic E-state index is 0.0150. The van der Waals surface area contributed by atoms with Crippen molar-refractivity contribution in [3.63, 3.8) is 0 Å². The van der Waals surface area contributed by atoms with Crippen molar-refractivity contribution in [1.29, 1.82) is 0 Å². The fourth-order valence-corrected chi connectivity index (χ4v) is 4.76. The summed E-state index contributed by atoms with van der Waals surface area (Å²) in [6.07, 6.45) is 3.94. The lowest BCUT2D eigenvalue weighted by molar-refractivity contribution is 0.0905. The number of nitrogens with one attached hydrogen (secondary N) is 1. The molecule has 5 nitrogen and oxygen atoms in total. The Bertz CT molecular complexity index is 1370. The van der Waals surface area contributed by atoms with Crippen molar-refractivity contribution < 1.29 is 13.5 Å². The van der Waals surface area contributed by atoms with Crippen LogP contribution in [0.15, 0.2) is 79.0 Å². The second-order valence-corrected chi connectivity index (χ2v) is 9.66. The molecule has 4 aromatic rings. The van der Waals surface area contributed by atoms with E-state index >= 15 is 0 Å². The quantitative estimate of drug-likeness (QED) is 0.261. The van der Waals surface area contributed by atoms with Crippen LogP contribution >= 0.6 is 23.8 Å². The van der Waals surface area contributed by atoms with E-state index in [-0.39, 0.29) is 16.9 Å². The van der Waals surface area contributed by atoms with Crippen LogP contribution in [-0.4, -0.2) is 39.0 Å². The van der Waals surface area contributed by atoms with E-state index in [0.717, 1.165) is 42.0 Å². The summed E-state index contributed by atoms with van der Waals surface area (Å²) in [5, 5.41) is 8.50. The zero-order valence-electron chi connectivity index (χ0n) is 19.9. The average molecular weight is 539 g/mol. The number of nitrogens with zero attached hydrogens (tertiary/aromatic N) is 3. The van der Waals surface area contributed by atoms with Gasteiger partial charge < -0.3 is 15.0 Å². The molecule has 1 fully saturated rings. The molecule has 3 aromatic carbocycles. The number of hydrogen-bond donors (Lipinski definition) is 1. The van der Waals surface area contributed by atoms with E-state index in [1.54, 1.807) is 18.2 Å². The van der Waals surface area contributed by atoms with Gasteiger partial charge in [0.2, 0.25) is 0 Å². The molecule has 9 heteroatoms. The first-order valence-corrected chi connectivity index (χ1v) is 12.8. The van der Waals surface area contributed by atoms with Crippen LogP contribution in [0.4, 0.5) is 14.5 Å².